The quantitative estimate of drug-likeness (QED) is 0.785. The number of anilines is 1. The first kappa shape index (κ1) is 17.7. The molecule has 1 aliphatic heterocycles. The van der Waals surface area contributed by atoms with Gasteiger partial charge >= 0.3 is 0 Å². The van der Waals surface area contributed by atoms with Crippen LogP contribution in [0.4, 0.5) is 5.82 Å². The van der Waals surface area contributed by atoms with Crippen molar-refractivity contribution in [2.75, 3.05) is 31.1 Å². The molecule has 1 fully saturated rings. The zero-order valence-electron chi connectivity index (χ0n) is 15.1. The van der Waals surface area contributed by atoms with Crippen molar-refractivity contribution in [1.82, 2.24) is 10.3 Å². The highest BCUT2D eigenvalue weighted by atomic mass is 16.5. The summed E-state index contributed by atoms with van der Waals surface area (Å²) in [6, 6.07) is 9.93. The zero-order valence-corrected chi connectivity index (χ0v) is 15.1. The second kappa shape index (κ2) is 8.30. The van der Waals surface area contributed by atoms with E-state index < -0.39 is 0 Å². The molecule has 25 heavy (non-hydrogen) atoms. The molecule has 0 radical (unpaired) electrons. The highest BCUT2D eigenvalue weighted by molar-refractivity contribution is 6.02. The Kier molecular flexibility index (Phi) is 5.87. The molecule has 134 valence electrons. The van der Waals surface area contributed by atoms with Gasteiger partial charge in [0.25, 0.3) is 5.91 Å². The molecule has 0 aliphatic carbocycles. The van der Waals surface area contributed by atoms with Crippen LogP contribution in [0.1, 0.15) is 43.5 Å². The van der Waals surface area contributed by atoms with Gasteiger partial charge in [0.2, 0.25) is 0 Å². The van der Waals surface area contributed by atoms with Crippen LogP contribution in [-0.2, 0) is 4.74 Å². The van der Waals surface area contributed by atoms with Crippen LogP contribution in [0.15, 0.2) is 30.3 Å². The molecule has 0 unspecified atom stereocenters. The Morgan fingerprint density at radius 1 is 1.28 bits per heavy atom. The standard InChI is InChI=1S/C20H27N3O2/c1-15(2)25-13-7-10-21-20(24)17-14-16-8-3-4-9-18(16)22-19(17)23-11-5-6-12-23/h3-4,8-9,14-15H,5-7,10-13H2,1-2H3,(H,21,24). The number of nitrogens with one attached hydrogen (secondary N) is 1. The molecular weight excluding hydrogens is 314 g/mol. The summed E-state index contributed by atoms with van der Waals surface area (Å²) >= 11 is 0. The number of hydrogen-bond donors (Lipinski definition) is 1. The Morgan fingerprint density at radius 3 is 2.80 bits per heavy atom. The Bertz CT molecular complexity index is 724. The van der Waals surface area contributed by atoms with Crippen molar-refractivity contribution >= 4 is 22.6 Å². The minimum absolute atomic E-state index is 0.0512. The van der Waals surface area contributed by atoms with E-state index in [-0.39, 0.29) is 12.0 Å². The molecule has 1 aromatic heterocycles. The summed E-state index contributed by atoms with van der Waals surface area (Å²) in [7, 11) is 0. The van der Waals surface area contributed by atoms with Crippen molar-refractivity contribution in [1.29, 1.82) is 0 Å². The number of benzene rings is 1. The molecule has 3 rings (SSSR count). The SMILES string of the molecule is CC(C)OCCCNC(=O)c1cc2ccccc2nc1N1CCCC1. The monoisotopic (exact) mass is 341 g/mol. The number of rotatable bonds is 7. The van der Waals surface area contributed by atoms with Gasteiger partial charge in [0.05, 0.1) is 17.2 Å². The molecule has 1 aliphatic rings. The largest absolute Gasteiger partial charge is 0.379 e. The fourth-order valence-corrected chi connectivity index (χ4v) is 3.13. The van der Waals surface area contributed by atoms with E-state index in [1.807, 2.05) is 44.2 Å². The molecule has 1 N–H and O–H groups in total. The third-order valence-electron chi connectivity index (χ3n) is 4.41. The van der Waals surface area contributed by atoms with E-state index >= 15 is 0 Å². The van der Waals surface area contributed by atoms with Crippen LogP contribution in [0.5, 0.6) is 0 Å². The molecular formula is C20H27N3O2. The maximum Gasteiger partial charge on any atom is 0.255 e. The van der Waals surface area contributed by atoms with E-state index in [2.05, 4.69) is 10.2 Å². The van der Waals surface area contributed by atoms with E-state index in [0.717, 1.165) is 49.1 Å². The molecule has 1 amide bonds. The van der Waals surface area contributed by atoms with Gasteiger partial charge in [-0.1, -0.05) is 18.2 Å². The molecule has 5 heteroatoms. The first-order valence-electron chi connectivity index (χ1n) is 9.19. The maximum atomic E-state index is 12.7. The highest BCUT2D eigenvalue weighted by Crippen LogP contribution is 2.26. The first-order chi connectivity index (χ1) is 12.1. The Hall–Kier alpha value is -2.14. The summed E-state index contributed by atoms with van der Waals surface area (Å²) in [4.78, 5) is 19.8. The van der Waals surface area contributed by atoms with Crippen molar-refractivity contribution in [2.45, 2.75) is 39.2 Å². The lowest BCUT2D eigenvalue weighted by Gasteiger charge is -2.20. The lowest BCUT2D eigenvalue weighted by molar-refractivity contribution is 0.0757. The van der Waals surface area contributed by atoms with Gasteiger partial charge in [-0.3, -0.25) is 4.79 Å². The minimum atomic E-state index is -0.0512. The molecule has 0 saturated carbocycles. The van der Waals surface area contributed by atoms with Crippen LogP contribution in [-0.4, -0.2) is 43.2 Å². The number of carbonyl (C=O) groups is 1. The van der Waals surface area contributed by atoms with Crippen LogP contribution in [0.2, 0.25) is 0 Å². The van der Waals surface area contributed by atoms with Gasteiger partial charge in [0.1, 0.15) is 5.82 Å². The number of para-hydroxylation sites is 1. The average Bonchev–Trinajstić information content (AvgIpc) is 3.14. The fourth-order valence-electron chi connectivity index (χ4n) is 3.13. The summed E-state index contributed by atoms with van der Waals surface area (Å²) in [6.07, 6.45) is 3.34. The topological polar surface area (TPSA) is 54.5 Å². The normalized spacial score (nSPS) is 14.4. The molecule has 5 nitrogen and oxygen atoms in total. The van der Waals surface area contributed by atoms with Crippen molar-refractivity contribution in [3.05, 3.63) is 35.9 Å². The van der Waals surface area contributed by atoms with E-state index in [4.69, 9.17) is 9.72 Å². The third-order valence-corrected chi connectivity index (χ3v) is 4.41. The molecule has 2 aromatic rings. The van der Waals surface area contributed by atoms with Crippen LogP contribution in [0, 0.1) is 0 Å². The lowest BCUT2D eigenvalue weighted by Crippen LogP contribution is -2.29. The number of carbonyl (C=O) groups excluding carboxylic acids is 1. The van der Waals surface area contributed by atoms with E-state index in [1.54, 1.807) is 0 Å². The minimum Gasteiger partial charge on any atom is -0.379 e. The van der Waals surface area contributed by atoms with E-state index in [0.29, 0.717) is 18.7 Å². The van der Waals surface area contributed by atoms with Crippen molar-refractivity contribution in [2.24, 2.45) is 0 Å². The van der Waals surface area contributed by atoms with Crippen molar-refractivity contribution in [3.63, 3.8) is 0 Å². The smallest absolute Gasteiger partial charge is 0.255 e. The van der Waals surface area contributed by atoms with Gasteiger partial charge in [0, 0.05) is 31.6 Å². The highest BCUT2D eigenvalue weighted by Gasteiger charge is 2.21. The number of ether oxygens (including phenoxy) is 1. The molecule has 1 saturated heterocycles. The summed E-state index contributed by atoms with van der Waals surface area (Å²) in [6.45, 7) is 7.23. The van der Waals surface area contributed by atoms with Crippen molar-refractivity contribution in [3.8, 4) is 0 Å². The zero-order chi connectivity index (χ0) is 17.6. The second-order valence-electron chi connectivity index (χ2n) is 6.78. The Balaban J connectivity index is 1.75. The van der Waals surface area contributed by atoms with Gasteiger partial charge in [-0.05, 0) is 45.2 Å². The van der Waals surface area contributed by atoms with Gasteiger partial charge < -0.3 is 15.0 Å². The number of pyridine rings is 1. The van der Waals surface area contributed by atoms with Gasteiger partial charge in [-0.15, -0.1) is 0 Å². The van der Waals surface area contributed by atoms with Crippen LogP contribution in [0.25, 0.3) is 10.9 Å². The number of hydrogen-bond acceptors (Lipinski definition) is 4. The fraction of sp³-hybridized carbons (Fsp3) is 0.500. The van der Waals surface area contributed by atoms with Gasteiger partial charge in [-0.25, -0.2) is 4.98 Å². The summed E-state index contributed by atoms with van der Waals surface area (Å²) in [5.74, 6) is 0.761. The number of aromatic nitrogens is 1. The van der Waals surface area contributed by atoms with Crippen LogP contribution in [0.3, 0.4) is 0 Å². The van der Waals surface area contributed by atoms with Gasteiger partial charge in [0.15, 0.2) is 0 Å². The Labute approximate surface area is 149 Å². The predicted molar refractivity (Wildman–Crippen MR) is 101 cm³/mol. The molecule has 0 atom stereocenters. The summed E-state index contributed by atoms with van der Waals surface area (Å²) in [5.41, 5.74) is 1.61. The third kappa shape index (κ3) is 4.48. The summed E-state index contributed by atoms with van der Waals surface area (Å²) < 4.78 is 5.52. The lowest BCUT2D eigenvalue weighted by atomic mass is 10.1. The number of nitrogens with zero attached hydrogens (tertiary/aromatic N) is 2. The van der Waals surface area contributed by atoms with Crippen LogP contribution >= 0.6 is 0 Å². The van der Waals surface area contributed by atoms with Crippen LogP contribution < -0.4 is 10.2 Å². The second-order valence-corrected chi connectivity index (χ2v) is 6.78. The predicted octanol–water partition coefficient (Wildman–Crippen LogP) is 3.38. The average molecular weight is 341 g/mol. The first-order valence-corrected chi connectivity index (χ1v) is 9.19. The molecule has 0 spiro atoms. The number of amides is 1. The maximum absolute atomic E-state index is 12.7. The van der Waals surface area contributed by atoms with Gasteiger partial charge in [-0.2, -0.15) is 0 Å². The van der Waals surface area contributed by atoms with E-state index in [1.165, 1.54) is 0 Å². The summed E-state index contributed by atoms with van der Waals surface area (Å²) in [5, 5.41) is 4.01. The number of fused-ring (bicyclic) bond motifs is 1. The molecule has 0 bridgehead atoms. The van der Waals surface area contributed by atoms with E-state index in [9.17, 15) is 4.79 Å². The Morgan fingerprint density at radius 2 is 2.04 bits per heavy atom. The molecule has 1 aromatic carbocycles. The van der Waals surface area contributed by atoms with Crippen molar-refractivity contribution < 1.29 is 9.53 Å². The molecule has 2 heterocycles.